The SMILES string of the molecule is Cl.Nc1ccccc1C(=O)NCCCNC12CC3CC(CC(C3)C1)C2. The van der Waals surface area contributed by atoms with E-state index in [0.29, 0.717) is 23.3 Å². The fourth-order valence-electron chi connectivity index (χ4n) is 5.77. The van der Waals surface area contributed by atoms with Crippen LogP contribution in [-0.4, -0.2) is 24.5 Å². The summed E-state index contributed by atoms with van der Waals surface area (Å²) in [6, 6.07) is 7.24. The van der Waals surface area contributed by atoms with Crippen LogP contribution < -0.4 is 16.4 Å². The smallest absolute Gasteiger partial charge is 0.253 e. The average molecular weight is 364 g/mol. The molecule has 4 aliphatic rings. The topological polar surface area (TPSA) is 67.2 Å². The van der Waals surface area contributed by atoms with Crippen LogP contribution >= 0.6 is 12.4 Å². The van der Waals surface area contributed by atoms with Crippen LogP contribution in [0.15, 0.2) is 24.3 Å². The molecule has 4 N–H and O–H groups in total. The summed E-state index contributed by atoms with van der Waals surface area (Å²) in [7, 11) is 0. The Bertz CT molecular complexity index is 583. The number of amides is 1. The summed E-state index contributed by atoms with van der Waals surface area (Å²) < 4.78 is 0. The quantitative estimate of drug-likeness (QED) is 0.536. The first kappa shape index (κ1) is 18.5. The molecule has 4 fully saturated rings. The zero-order chi connectivity index (χ0) is 16.6. The highest BCUT2D eigenvalue weighted by molar-refractivity contribution is 5.99. The fourth-order valence-corrected chi connectivity index (χ4v) is 5.77. The molecule has 25 heavy (non-hydrogen) atoms. The van der Waals surface area contributed by atoms with E-state index < -0.39 is 0 Å². The lowest BCUT2D eigenvalue weighted by Gasteiger charge is -2.57. The van der Waals surface area contributed by atoms with E-state index in [9.17, 15) is 4.79 Å². The largest absolute Gasteiger partial charge is 0.398 e. The predicted molar refractivity (Wildman–Crippen MR) is 104 cm³/mol. The van der Waals surface area contributed by atoms with Gasteiger partial charge in [0.2, 0.25) is 0 Å². The predicted octanol–water partition coefficient (Wildman–Crippen LogP) is 3.37. The van der Waals surface area contributed by atoms with Crippen LogP contribution in [0.25, 0.3) is 0 Å². The highest BCUT2D eigenvalue weighted by Gasteiger charge is 2.50. The van der Waals surface area contributed by atoms with E-state index in [4.69, 9.17) is 5.73 Å². The van der Waals surface area contributed by atoms with Crippen molar-refractivity contribution in [3.63, 3.8) is 0 Å². The number of nitrogens with two attached hydrogens (primary N) is 1. The van der Waals surface area contributed by atoms with Crippen molar-refractivity contribution in [2.45, 2.75) is 50.5 Å². The molecule has 0 atom stereocenters. The van der Waals surface area contributed by atoms with E-state index in [1.165, 1.54) is 38.5 Å². The normalized spacial score (nSPS) is 32.2. The van der Waals surface area contributed by atoms with Gasteiger partial charge in [0.1, 0.15) is 0 Å². The molecule has 5 heteroatoms. The molecule has 0 unspecified atom stereocenters. The Kier molecular flexibility index (Phi) is 5.59. The van der Waals surface area contributed by atoms with Gasteiger partial charge >= 0.3 is 0 Å². The Morgan fingerprint density at radius 1 is 1.04 bits per heavy atom. The molecule has 1 aromatic carbocycles. The number of anilines is 1. The van der Waals surface area contributed by atoms with Gasteiger partial charge in [-0.25, -0.2) is 0 Å². The van der Waals surface area contributed by atoms with Crippen molar-refractivity contribution in [3.8, 4) is 0 Å². The Morgan fingerprint density at radius 3 is 2.24 bits per heavy atom. The number of carbonyl (C=O) groups is 1. The lowest BCUT2D eigenvalue weighted by Crippen LogP contribution is -2.58. The van der Waals surface area contributed by atoms with Gasteiger partial charge in [-0.15, -0.1) is 12.4 Å². The number of nitrogens with one attached hydrogen (secondary N) is 2. The third-order valence-electron chi connectivity index (χ3n) is 6.38. The minimum absolute atomic E-state index is 0. The minimum atomic E-state index is -0.0668. The number of benzene rings is 1. The van der Waals surface area contributed by atoms with Crippen molar-refractivity contribution in [1.82, 2.24) is 10.6 Å². The van der Waals surface area contributed by atoms with E-state index in [-0.39, 0.29) is 18.3 Å². The number of hydrogen-bond acceptors (Lipinski definition) is 3. The van der Waals surface area contributed by atoms with Crippen molar-refractivity contribution >= 4 is 24.0 Å². The number of nitrogen functional groups attached to an aromatic ring is 1. The summed E-state index contributed by atoms with van der Waals surface area (Å²) in [6.45, 7) is 1.70. The summed E-state index contributed by atoms with van der Waals surface area (Å²) in [5.74, 6) is 2.86. The number of halogens is 1. The van der Waals surface area contributed by atoms with Crippen molar-refractivity contribution in [1.29, 1.82) is 0 Å². The van der Waals surface area contributed by atoms with E-state index in [1.54, 1.807) is 12.1 Å². The lowest BCUT2D eigenvalue weighted by molar-refractivity contribution is -0.0195. The first-order valence-corrected chi connectivity index (χ1v) is 9.51. The van der Waals surface area contributed by atoms with Gasteiger partial charge in [-0.05, 0) is 81.4 Å². The van der Waals surface area contributed by atoms with Crippen LogP contribution in [0.2, 0.25) is 0 Å². The number of hydrogen-bond donors (Lipinski definition) is 3. The second-order valence-electron chi connectivity index (χ2n) is 8.32. The summed E-state index contributed by atoms with van der Waals surface area (Å²) in [4.78, 5) is 12.1. The highest BCUT2D eigenvalue weighted by atomic mass is 35.5. The Morgan fingerprint density at radius 2 is 1.64 bits per heavy atom. The number of para-hydroxylation sites is 1. The average Bonchev–Trinajstić information content (AvgIpc) is 2.53. The van der Waals surface area contributed by atoms with Crippen molar-refractivity contribution in [3.05, 3.63) is 29.8 Å². The minimum Gasteiger partial charge on any atom is -0.398 e. The van der Waals surface area contributed by atoms with Gasteiger partial charge < -0.3 is 16.4 Å². The maximum Gasteiger partial charge on any atom is 0.253 e. The van der Waals surface area contributed by atoms with E-state index >= 15 is 0 Å². The Balaban J connectivity index is 0.00000182. The van der Waals surface area contributed by atoms with E-state index in [2.05, 4.69) is 10.6 Å². The summed E-state index contributed by atoms with van der Waals surface area (Å²) in [5.41, 5.74) is 7.39. The molecule has 5 rings (SSSR count). The molecule has 4 aliphatic carbocycles. The van der Waals surface area contributed by atoms with Crippen molar-refractivity contribution in [2.75, 3.05) is 18.8 Å². The molecule has 4 nitrogen and oxygen atoms in total. The molecule has 0 aliphatic heterocycles. The lowest BCUT2D eigenvalue weighted by atomic mass is 9.53. The van der Waals surface area contributed by atoms with Crippen LogP contribution in [0.4, 0.5) is 5.69 Å². The fraction of sp³-hybridized carbons (Fsp3) is 0.650. The van der Waals surface area contributed by atoms with Crippen molar-refractivity contribution in [2.24, 2.45) is 17.8 Å². The molecular formula is C20H30ClN3O. The second-order valence-corrected chi connectivity index (χ2v) is 8.32. The molecule has 138 valence electrons. The van der Waals surface area contributed by atoms with Crippen LogP contribution in [0.1, 0.15) is 55.3 Å². The second kappa shape index (κ2) is 7.55. The number of rotatable bonds is 6. The van der Waals surface area contributed by atoms with Gasteiger partial charge in [0.05, 0.1) is 5.56 Å². The van der Waals surface area contributed by atoms with Crippen LogP contribution in [0, 0.1) is 17.8 Å². The summed E-state index contributed by atoms with van der Waals surface area (Å²) in [5, 5.41) is 6.87. The van der Waals surface area contributed by atoms with Gasteiger partial charge in [-0.1, -0.05) is 12.1 Å². The van der Waals surface area contributed by atoms with Gasteiger partial charge in [-0.3, -0.25) is 4.79 Å². The third kappa shape index (κ3) is 3.95. The molecular weight excluding hydrogens is 334 g/mol. The van der Waals surface area contributed by atoms with Crippen molar-refractivity contribution < 1.29 is 4.79 Å². The van der Waals surface area contributed by atoms with E-state index in [0.717, 1.165) is 30.7 Å². The summed E-state index contributed by atoms with van der Waals surface area (Å²) in [6.07, 6.45) is 9.56. The molecule has 4 bridgehead atoms. The Labute approximate surface area is 156 Å². The zero-order valence-electron chi connectivity index (χ0n) is 14.8. The highest BCUT2D eigenvalue weighted by Crippen LogP contribution is 2.55. The zero-order valence-corrected chi connectivity index (χ0v) is 15.6. The molecule has 0 spiro atoms. The monoisotopic (exact) mass is 363 g/mol. The maximum atomic E-state index is 12.1. The number of carbonyl (C=O) groups excluding carboxylic acids is 1. The summed E-state index contributed by atoms with van der Waals surface area (Å²) >= 11 is 0. The molecule has 1 amide bonds. The Hall–Kier alpha value is -1.26. The van der Waals surface area contributed by atoms with Gasteiger partial charge in [0.25, 0.3) is 5.91 Å². The molecule has 0 radical (unpaired) electrons. The third-order valence-corrected chi connectivity index (χ3v) is 6.38. The molecule has 0 saturated heterocycles. The molecule has 4 saturated carbocycles. The standard InChI is InChI=1S/C20H29N3O.ClH/c21-18-5-2-1-4-17(18)19(24)22-6-3-7-23-20-11-14-8-15(12-20)10-16(9-14)13-20;/h1-2,4-5,14-16,23H,3,6-13,21H2,(H,22,24);1H. The first-order chi connectivity index (χ1) is 11.6. The van der Waals surface area contributed by atoms with Gasteiger partial charge in [0.15, 0.2) is 0 Å². The van der Waals surface area contributed by atoms with Crippen LogP contribution in [-0.2, 0) is 0 Å². The van der Waals surface area contributed by atoms with Crippen LogP contribution in [0.3, 0.4) is 0 Å². The van der Waals surface area contributed by atoms with Crippen LogP contribution in [0.5, 0.6) is 0 Å². The first-order valence-electron chi connectivity index (χ1n) is 9.51. The molecule has 0 heterocycles. The molecule has 1 aromatic rings. The van der Waals surface area contributed by atoms with Gasteiger partial charge in [-0.2, -0.15) is 0 Å². The maximum absolute atomic E-state index is 12.1. The van der Waals surface area contributed by atoms with E-state index in [1.807, 2.05) is 12.1 Å². The van der Waals surface area contributed by atoms with Gasteiger partial charge in [0, 0.05) is 17.8 Å². The molecule has 0 aromatic heterocycles.